The van der Waals surface area contributed by atoms with E-state index in [9.17, 15) is 4.79 Å². The molecule has 0 spiro atoms. The van der Waals surface area contributed by atoms with E-state index < -0.39 is 11.5 Å². The van der Waals surface area contributed by atoms with Gasteiger partial charge in [0.1, 0.15) is 11.8 Å². The number of carbonyl (C=O) groups excluding carboxylic acids is 1. The Bertz CT molecular complexity index is 1190. The molecule has 0 aliphatic carbocycles. The summed E-state index contributed by atoms with van der Waals surface area (Å²) < 4.78 is 5.72. The monoisotopic (exact) mass is 397 g/mol. The Kier molecular flexibility index (Phi) is 4.87. The molecule has 0 unspecified atom stereocenters. The van der Waals surface area contributed by atoms with Crippen molar-refractivity contribution in [3.8, 4) is 11.1 Å². The summed E-state index contributed by atoms with van der Waals surface area (Å²) in [6.45, 7) is 14.9. The van der Waals surface area contributed by atoms with E-state index >= 15 is 0 Å². The standard InChI is InChI=1S/C25H23N3O2/c1-15-22-18-8-6-7-9-19(18)23(16-10-12-17(26-5)13-11-16)27-20(24(22)30-28-15)14-21(29)25(2,3)4/h6-13,20H,14H2,1-4H3/t20-/m0/s1. The van der Waals surface area contributed by atoms with Crippen LogP contribution in [0.1, 0.15) is 55.8 Å². The Labute approximate surface area is 176 Å². The summed E-state index contributed by atoms with van der Waals surface area (Å²) in [5, 5.41) is 4.19. The van der Waals surface area contributed by atoms with Crippen molar-refractivity contribution in [2.45, 2.75) is 40.2 Å². The average molecular weight is 397 g/mol. The fourth-order valence-corrected chi connectivity index (χ4v) is 3.68. The molecular formula is C25H23N3O2. The van der Waals surface area contributed by atoms with Crippen molar-refractivity contribution in [3.05, 3.63) is 82.5 Å². The van der Waals surface area contributed by atoms with Crippen molar-refractivity contribution in [2.75, 3.05) is 0 Å². The van der Waals surface area contributed by atoms with Gasteiger partial charge in [-0.05, 0) is 18.1 Å². The highest BCUT2D eigenvalue weighted by Gasteiger charge is 2.33. The summed E-state index contributed by atoms with van der Waals surface area (Å²) in [4.78, 5) is 21.4. The Hall–Kier alpha value is -3.52. The van der Waals surface area contributed by atoms with Crippen molar-refractivity contribution >= 4 is 17.2 Å². The number of fused-ring (bicyclic) bond motifs is 3. The number of aryl methyl sites for hydroxylation is 1. The van der Waals surface area contributed by atoms with Crippen LogP contribution in [0.4, 0.5) is 5.69 Å². The van der Waals surface area contributed by atoms with E-state index in [1.54, 1.807) is 12.1 Å². The van der Waals surface area contributed by atoms with Gasteiger partial charge < -0.3 is 4.52 Å². The number of aliphatic imine (C=N–C) groups is 1. The van der Waals surface area contributed by atoms with Gasteiger partial charge in [0.25, 0.3) is 0 Å². The molecule has 1 atom stereocenters. The Morgan fingerprint density at radius 2 is 1.77 bits per heavy atom. The molecule has 4 rings (SSSR count). The first-order chi connectivity index (χ1) is 14.3. The molecule has 0 bridgehead atoms. The van der Waals surface area contributed by atoms with Gasteiger partial charge in [-0.15, -0.1) is 0 Å². The van der Waals surface area contributed by atoms with Gasteiger partial charge in [0.05, 0.1) is 23.5 Å². The van der Waals surface area contributed by atoms with Gasteiger partial charge >= 0.3 is 0 Å². The van der Waals surface area contributed by atoms with Crippen LogP contribution in [0.15, 0.2) is 58.0 Å². The quantitative estimate of drug-likeness (QED) is 0.502. The lowest BCUT2D eigenvalue weighted by molar-refractivity contribution is -0.126. The van der Waals surface area contributed by atoms with E-state index in [0.29, 0.717) is 11.4 Å². The van der Waals surface area contributed by atoms with E-state index in [1.165, 1.54) is 0 Å². The molecular weight excluding hydrogens is 374 g/mol. The van der Waals surface area contributed by atoms with E-state index in [-0.39, 0.29) is 12.2 Å². The molecule has 150 valence electrons. The van der Waals surface area contributed by atoms with Crippen LogP contribution in [-0.2, 0) is 4.79 Å². The molecule has 30 heavy (non-hydrogen) atoms. The van der Waals surface area contributed by atoms with Crippen LogP contribution in [0.2, 0.25) is 0 Å². The number of Topliss-reactive ketones (excluding diaryl/α,β-unsaturated/α-hetero) is 1. The summed E-state index contributed by atoms with van der Waals surface area (Å²) in [5.41, 5.74) is 5.45. The number of hydrogen-bond acceptors (Lipinski definition) is 4. The van der Waals surface area contributed by atoms with Crippen molar-refractivity contribution in [3.63, 3.8) is 0 Å². The lowest BCUT2D eigenvalue weighted by Crippen LogP contribution is -2.22. The second-order valence-corrected chi connectivity index (χ2v) is 8.58. The topological polar surface area (TPSA) is 59.8 Å². The molecule has 5 nitrogen and oxygen atoms in total. The summed E-state index contributed by atoms with van der Waals surface area (Å²) >= 11 is 0. The van der Waals surface area contributed by atoms with Gasteiger partial charge in [0, 0.05) is 17.4 Å². The highest BCUT2D eigenvalue weighted by Crippen LogP contribution is 2.41. The van der Waals surface area contributed by atoms with Crippen LogP contribution in [0.25, 0.3) is 16.0 Å². The molecule has 1 aliphatic heterocycles. The van der Waals surface area contributed by atoms with Crippen LogP contribution in [0.5, 0.6) is 0 Å². The Morgan fingerprint density at radius 3 is 2.40 bits per heavy atom. The van der Waals surface area contributed by atoms with E-state index in [0.717, 1.165) is 33.7 Å². The number of carbonyl (C=O) groups is 1. The lowest BCUT2D eigenvalue weighted by Gasteiger charge is -2.19. The lowest BCUT2D eigenvalue weighted by atomic mass is 9.86. The van der Waals surface area contributed by atoms with Crippen molar-refractivity contribution < 1.29 is 9.32 Å². The van der Waals surface area contributed by atoms with Gasteiger partial charge in [-0.3, -0.25) is 9.79 Å². The minimum Gasteiger partial charge on any atom is -0.358 e. The zero-order chi connectivity index (χ0) is 21.5. The van der Waals surface area contributed by atoms with Crippen LogP contribution in [-0.4, -0.2) is 16.7 Å². The largest absolute Gasteiger partial charge is 0.358 e. The third-order valence-corrected chi connectivity index (χ3v) is 5.41. The fourth-order valence-electron chi connectivity index (χ4n) is 3.68. The molecule has 0 amide bonds. The molecule has 2 aromatic carbocycles. The van der Waals surface area contributed by atoms with Gasteiger partial charge in [-0.2, -0.15) is 0 Å². The van der Waals surface area contributed by atoms with E-state index in [2.05, 4.69) is 10.0 Å². The van der Waals surface area contributed by atoms with Gasteiger partial charge in [-0.25, -0.2) is 4.85 Å². The zero-order valence-electron chi connectivity index (χ0n) is 17.6. The van der Waals surface area contributed by atoms with Gasteiger partial charge in [-0.1, -0.05) is 74.5 Å². The third-order valence-electron chi connectivity index (χ3n) is 5.41. The van der Waals surface area contributed by atoms with Gasteiger partial charge in [0.2, 0.25) is 0 Å². The second-order valence-electron chi connectivity index (χ2n) is 8.58. The fraction of sp³-hybridized carbons (Fsp3) is 0.280. The molecule has 3 aromatic rings. The Morgan fingerprint density at radius 1 is 1.10 bits per heavy atom. The number of hydrogen-bond donors (Lipinski definition) is 0. The summed E-state index contributed by atoms with van der Waals surface area (Å²) in [6.07, 6.45) is 0.239. The first kappa shape index (κ1) is 19.8. The predicted molar refractivity (Wildman–Crippen MR) is 117 cm³/mol. The van der Waals surface area contributed by atoms with E-state index in [1.807, 2.05) is 64.1 Å². The predicted octanol–water partition coefficient (Wildman–Crippen LogP) is 6.10. The molecule has 5 heteroatoms. The summed E-state index contributed by atoms with van der Waals surface area (Å²) in [6, 6.07) is 15.0. The highest BCUT2D eigenvalue weighted by molar-refractivity contribution is 6.17. The first-order valence-electron chi connectivity index (χ1n) is 9.94. The molecule has 0 saturated carbocycles. The van der Waals surface area contributed by atoms with E-state index in [4.69, 9.17) is 16.1 Å². The molecule has 1 aliphatic rings. The van der Waals surface area contributed by atoms with Crippen molar-refractivity contribution in [2.24, 2.45) is 10.4 Å². The molecule has 0 radical (unpaired) electrons. The minimum absolute atomic E-state index is 0.116. The van der Waals surface area contributed by atoms with Crippen LogP contribution >= 0.6 is 0 Å². The second kappa shape index (κ2) is 7.38. The van der Waals surface area contributed by atoms with Crippen molar-refractivity contribution in [1.29, 1.82) is 0 Å². The SMILES string of the molecule is [C-]#[N+]c1ccc(C2=N[C@@H](CC(=O)C(C)(C)C)c3onc(C)c3-c3ccccc32)cc1. The van der Waals surface area contributed by atoms with Crippen LogP contribution < -0.4 is 0 Å². The smallest absolute Gasteiger partial charge is 0.187 e. The number of rotatable bonds is 3. The number of ketones is 1. The first-order valence-corrected chi connectivity index (χ1v) is 9.94. The normalized spacial score (nSPS) is 15.4. The van der Waals surface area contributed by atoms with Crippen LogP contribution in [0, 0.1) is 18.9 Å². The zero-order valence-corrected chi connectivity index (χ0v) is 17.6. The molecule has 2 heterocycles. The molecule has 1 aromatic heterocycles. The van der Waals surface area contributed by atoms with Crippen LogP contribution in [0.3, 0.4) is 0 Å². The molecule has 0 saturated heterocycles. The molecule has 0 N–H and O–H groups in total. The summed E-state index contributed by atoms with van der Waals surface area (Å²) in [7, 11) is 0. The maximum Gasteiger partial charge on any atom is 0.187 e. The number of benzene rings is 2. The number of aromatic nitrogens is 1. The number of nitrogens with zero attached hydrogens (tertiary/aromatic N) is 3. The maximum absolute atomic E-state index is 12.9. The summed E-state index contributed by atoms with van der Waals surface area (Å²) in [5.74, 6) is 0.746. The Balaban J connectivity index is 1.93. The molecule has 0 fully saturated rings. The van der Waals surface area contributed by atoms with Crippen molar-refractivity contribution in [1.82, 2.24) is 5.16 Å². The highest BCUT2D eigenvalue weighted by atomic mass is 16.5. The maximum atomic E-state index is 12.9. The minimum atomic E-state index is -0.471. The average Bonchev–Trinajstić information content (AvgIpc) is 3.05. The third kappa shape index (κ3) is 3.46. The van der Waals surface area contributed by atoms with Gasteiger partial charge in [0.15, 0.2) is 11.4 Å².